The molecule has 0 spiro atoms. The first-order valence-corrected chi connectivity index (χ1v) is 7.00. The second kappa shape index (κ2) is 5.41. The van der Waals surface area contributed by atoms with Crippen LogP contribution < -0.4 is 11.2 Å². The smallest absolute Gasteiger partial charge is 0.268 e. The Balaban J connectivity index is 2.94. The van der Waals surface area contributed by atoms with Crippen molar-refractivity contribution in [3.8, 4) is 5.95 Å². The zero-order valence-electron chi connectivity index (χ0n) is 11.2. The monoisotopic (exact) mass is 369 g/mol. The zero-order valence-corrected chi connectivity index (χ0v) is 13.6. The van der Waals surface area contributed by atoms with Crippen LogP contribution >= 0.6 is 28.1 Å². The molecule has 0 unspecified atom stereocenters. The summed E-state index contributed by atoms with van der Waals surface area (Å²) in [6.07, 6.45) is 2.89. The number of nitrogens with two attached hydrogens (primary N) is 1. The van der Waals surface area contributed by atoms with Gasteiger partial charge in [-0.05, 0) is 47.6 Å². The number of primary amides is 1. The third kappa shape index (κ3) is 2.38. The molecular weight excluding hydrogens is 358 g/mol. The first kappa shape index (κ1) is 15.4. The van der Waals surface area contributed by atoms with Crippen LogP contribution in [0.5, 0.6) is 0 Å². The summed E-state index contributed by atoms with van der Waals surface area (Å²) >= 11 is 8.12. The van der Waals surface area contributed by atoms with Gasteiger partial charge in [0.05, 0.1) is 5.56 Å². The van der Waals surface area contributed by atoms with Gasteiger partial charge in [-0.15, -0.1) is 0 Å². The van der Waals surface area contributed by atoms with E-state index in [1.165, 1.54) is 21.5 Å². The molecule has 0 bridgehead atoms. The van der Waals surface area contributed by atoms with Crippen molar-refractivity contribution in [1.82, 2.24) is 14.1 Å². The molecule has 2 heterocycles. The predicted octanol–water partition coefficient (Wildman–Crippen LogP) is 1.32. The van der Waals surface area contributed by atoms with Crippen LogP contribution in [0.4, 0.5) is 0 Å². The Morgan fingerprint density at radius 1 is 1.52 bits per heavy atom. The van der Waals surface area contributed by atoms with E-state index < -0.39 is 11.1 Å². The van der Waals surface area contributed by atoms with Crippen LogP contribution in [0.1, 0.15) is 21.6 Å². The van der Waals surface area contributed by atoms with E-state index in [0.29, 0.717) is 15.7 Å². The highest BCUT2D eigenvalue weighted by Crippen LogP contribution is 2.23. The van der Waals surface area contributed by atoms with E-state index in [9.17, 15) is 9.90 Å². The molecule has 110 valence electrons. The van der Waals surface area contributed by atoms with Crippen LogP contribution in [-0.2, 0) is 0 Å². The average molecular weight is 370 g/mol. The fourth-order valence-corrected chi connectivity index (χ4v) is 2.62. The van der Waals surface area contributed by atoms with Crippen molar-refractivity contribution >= 4 is 39.2 Å². The van der Waals surface area contributed by atoms with E-state index in [-0.39, 0.29) is 17.0 Å². The second-order valence-electron chi connectivity index (χ2n) is 4.33. The molecule has 0 saturated carbocycles. The highest BCUT2D eigenvalue weighted by Gasteiger charge is 2.20. The lowest BCUT2D eigenvalue weighted by molar-refractivity contribution is 0.0997. The van der Waals surface area contributed by atoms with Crippen molar-refractivity contribution in [2.75, 3.05) is 0 Å². The molecule has 2 rings (SSSR count). The number of pyridine rings is 1. The summed E-state index contributed by atoms with van der Waals surface area (Å²) in [5.74, 6) is -0.509. The summed E-state index contributed by atoms with van der Waals surface area (Å²) in [4.78, 5) is 15.7. The first-order valence-electron chi connectivity index (χ1n) is 5.80. The predicted molar refractivity (Wildman–Crippen MR) is 83.7 cm³/mol. The lowest BCUT2D eigenvalue weighted by Gasteiger charge is -2.17. The summed E-state index contributed by atoms with van der Waals surface area (Å²) in [6.45, 7) is 3.45. The lowest BCUT2D eigenvalue weighted by Crippen LogP contribution is -2.34. The first-order chi connectivity index (χ1) is 9.77. The van der Waals surface area contributed by atoms with Gasteiger partial charge < -0.3 is 10.8 Å². The second-order valence-corrected chi connectivity index (χ2v) is 5.49. The maximum Gasteiger partial charge on any atom is 0.268 e. The Labute approximate surface area is 133 Å². The number of rotatable bonds is 2. The molecule has 2 aromatic heterocycles. The van der Waals surface area contributed by atoms with Crippen LogP contribution in [0.3, 0.4) is 0 Å². The fourth-order valence-electron chi connectivity index (χ4n) is 2.10. The van der Waals surface area contributed by atoms with Crippen LogP contribution in [0.2, 0.25) is 0 Å². The number of hydrogen-bond donors (Lipinski definition) is 3. The minimum atomic E-state index is -0.711. The topological polar surface area (TPSA) is 110 Å². The van der Waals surface area contributed by atoms with Gasteiger partial charge in [-0.2, -0.15) is 0 Å². The molecule has 4 N–H and O–H groups in total. The third-order valence-electron chi connectivity index (χ3n) is 3.09. The minimum Gasteiger partial charge on any atom is -0.486 e. The number of hydrogen-bond acceptors (Lipinski definition) is 4. The van der Waals surface area contributed by atoms with Crippen molar-refractivity contribution in [3.63, 3.8) is 0 Å². The number of halogens is 1. The van der Waals surface area contributed by atoms with Gasteiger partial charge in [-0.3, -0.25) is 14.8 Å². The maximum absolute atomic E-state index is 11.6. The third-order valence-corrected chi connectivity index (χ3v) is 4.46. The summed E-state index contributed by atoms with van der Waals surface area (Å²) < 4.78 is 3.25. The van der Waals surface area contributed by atoms with Crippen LogP contribution in [0.15, 0.2) is 16.9 Å². The van der Waals surface area contributed by atoms with Gasteiger partial charge in [-0.1, -0.05) is 0 Å². The molecule has 0 atom stereocenters. The van der Waals surface area contributed by atoms with Crippen molar-refractivity contribution in [2.45, 2.75) is 13.8 Å². The Kier molecular flexibility index (Phi) is 3.97. The number of imidazole rings is 1. The molecule has 0 aliphatic heterocycles. The van der Waals surface area contributed by atoms with Crippen molar-refractivity contribution in [3.05, 3.63) is 39.2 Å². The molecule has 0 aliphatic carbocycles. The molecule has 0 aliphatic rings. The highest BCUT2D eigenvalue weighted by atomic mass is 79.9. The Hall–Kier alpha value is -2.00. The van der Waals surface area contributed by atoms with E-state index in [1.807, 2.05) is 0 Å². The molecule has 7 nitrogen and oxygen atoms in total. The summed E-state index contributed by atoms with van der Waals surface area (Å²) in [6, 6.07) is 0. The quantitative estimate of drug-likeness (QED) is 0.693. The number of amides is 1. The van der Waals surface area contributed by atoms with E-state index in [2.05, 4.69) is 20.9 Å². The minimum absolute atomic E-state index is 0.0749. The Morgan fingerprint density at radius 2 is 2.14 bits per heavy atom. The number of aliphatic hydroxyl groups is 1. The van der Waals surface area contributed by atoms with Crippen LogP contribution in [0.25, 0.3) is 5.95 Å². The van der Waals surface area contributed by atoms with Gasteiger partial charge in [0.2, 0.25) is 5.95 Å². The van der Waals surface area contributed by atoms with E-state index in [1.54, 1.807) is 13.8 Å². The van der Waals surface area contributed by atoms with E-state index in [0.717, 1.165) is 0 Å². The average Bonchev–Trinajstić information content (AvgIpc) is 2.85. The van der Waals surface area contributed by atoms with E-state index in [4.69, 9.17) is 23.4 Å². The molecule has 0 radical (unpaired) electrons. The lowest BCUT2D eigenvalue weighted by atomic mass is 10.1. The largest absolute Gasteiger partial charge is 0.486 e. The van der Waals surface area contributed by atoms with Crippen LogP contribution in [-0.4, -0.2) is 30.3 Å². The number of thiocarbonyl (C=S) groups is 1. The van der Waals surface area contributed by atoms with Crippen molar-refractivity contribution < 1.29 is 9.90 Å². The molecule has 2 aromatic rings. The number of nitrogens with zero attached hydrogens (tertiary/aromatic N) is 3. The number of carbonyl (C=O) groups is 1. The number of carbonyl (C=O) groups excluding carboxylic acids is 1. The molecule has 0 aromatic carbocycles. The van der Waals surface area contributed by atoms with Gasteiger partial charge in [0.1, 0.15) is 5.49 Å². The summed E-state index contributed by atoms with van der Waals surface area (Å²) in [5.41, 5.74) is 6.52. The molecule has 9 heteroatoms. The van der Waals surface area contributed by atoms with Crippen molar-refractivity contribution in [2.24, 2.45) is 5.73 Å². The van der Waals surface area contributed by atoms with Crippen LogP contribution in [0, 0.1) is 19.3 Å². The number of aliphatic hydroxyl groups excluding tert-OH is 1. The fraction of sp³-hybridized carbons (Fsp3) is 0.167. The SMILES string of the molecule is Cc1c(Br)c(C)n(-c2nccn2C(O)=S)c(=N)c1C(N)=O. The molecular formula is C12H12BrN5O2S. The van der Waals surface area contributed by atoms with Gasteiger partial charge in [0, 0.05) is 22.6 Å². The van der Waals surface area contributed by atoms with Gasteiger partial charge in [0.15, 0.2) is 0 Å². The standard InChI is InChI=1S/C12H12BrN5O2S/c1-5-7(10(15)19)9(14)18(6(2)8(5)13)11-16-3-4-17(11)12(20)21/h3-4,14H,1-2H3,(H2,15,19)(H,20,21). The van der Waals surface area contributed by atoms with Gasteiger partial charge >= 0.3 is 0 Å². The van der Waals surface area contributed by atoms with Gasteiger partial charge in [0.25, 0.3) is 11.1 Å². The Bertz CT molecular complexity index is 824. The normalized spacial score (nSPS) is 10.6. The maximum atomic E-state index is 11.6. The number of nitrogens with one attached hydrogen (secondary N) is 1. The summed E-state index contributed by atoms with van der Waals surface area (Å²) in [5, 5.41) is 17.3. The van der Waals surface area contributed by atoms with Gasteiger partial charge in [-0.25, -0.2) is 9.55 Å². The molecule has 0 saturated heterocycles. The molecule has 1 amide bonds. The zero-order chi connectivity index (χ0) is 15.9. The Morgan fingerprint density at radius 3 is 2.67 bits per heavy atom. The number of aromatic nitrogens is 3. The highest BCUT2D eigenvalue weighted by molar-refractivity contribution is 9.10. The molecule has 21 heavy (non-hydrogen) atoms. The summed E-state index contributed by atoms with van der Waals surface area (Å²) in [7, 11) is 0. The van der Waals surface area contributed by atoms with Crippen molar-refractivity contribution in [1.29, 1.82) is 5.41 Å². The van der Waals surface area contributed by atoms with E-state index >= 15 is 0 Å². The molecule has 0 fully saturated rings.